The number of carbonyl (C=O) groups is 4. The number of cyclic esters (lactones) is 1. The van der Waals surface area contributed by atoms with Crippen LogP contribution in [-0.4, -0.2) is 49.3 Å². The highest BCUT2D eigenvalue weighted by Crippen LogP contribution is 2.65. The first-order valence-electron chi connectivity index (χ1n) is 10.7. The minimum atomic E-state index is -1.11. The van der Waals surface area contributed by atoms with Crippen LogP contribution in [0.4, 0.5) is 0 Å². The van der Waals surface area contributed by atoms with Gasteiger partial charge in [-0.1, -0.05) is 18.2 Å². The molecule has 8 heteroatoms. The largest absolute Gasteiger partial charge is 0.466 e. The van der Waals surface area contributed by atoms with Gasteiger partial charge in [0, 0.05) is 24.0 Å². The van der Waals surface area contributed by atoms with E-state index in [1.165, 1.54) is 21.1 Å². The molecule has 0 aromatic rings. The lowest BCUT2D eigenvalue weighted by Crippen LogP contribution is -2.65. The fourth-order valence-electron chi connectivity index (χ4n) is 5.61. The zero-order valence-corrected chi connectivity index (χ0v) is 19.2. The molecule has 0 aromatic heterocycles. The number of esters is 4. The van der Waals surface area contributed by atoms with Gasteiger partial charge in [-0.05, 0) is 52.0 Å². The molecule has 2 bridgehead atoms. The number of hydrogen-bond donors (Lipinski definition) is 0. The SMILES string of the molecule is COC(=O)C1=CCC23CCC(C(C)(/C=C/C=C(\C)C(=O)OC)OC2=O)C3(OC(C)=O)CC1. The summed E-state index contributed by atoms with van der Waals surface area (Å²) in [6.45, 7) is 4.74. The molecule has 3 aliphatic rings. The maximum atomic E-state index is 13.5. The van der Waals surface area contributed by atoms with E-state index in [1.54, 1.807) is 38.2 Å². The highest BCUT2D eigenvalue weighted by molar-refractivity contribution is 5.90. The fourth-order valence-corrected chi connectivity index (χ4v) is 5.61. The third-order valence-electron chi connectivity index (χ3n) is 7.14. The minimum absolute atomic E-state index is 0.237. The number of carbonyl (C=O) groups excluding carboxylic acids is 4. The second-order valence-corrected chi connectivity index (χ2v) is 8.86. The second kappa shape index (κ2) is 8.56. The summed E-state index contributed by atoms with van der Waals surface area (Å²) in [5.74, 6) is -2.15. The van der Waals surface area contributed by atoms with Gasteiger partial charge in [0.25, 0.3) is 0 Å². The highest BCUT2D eigenvalue weighted by atomic mass is 16.6. The van der Waals surface area contributed by atoms with Gasteiger partial charge in [0.15, 0.2) is 0 Å². The van der Waals surface area contributed by atoms with Crippen molar-refractivity contribution in [2.45, 2.75) is 64.1 Å². The van der Waals surface area contributed by atoms with E-state index < -0.39 is 40.5 Å². The molecule has 4 unspecified atom stereocenters. The van der Waals surface area contributed by atoms with Crippen molar-refractivity contribution in [2.75, 3.05) is 14.2 Å². The second-order valence-electron chi connectivity index (χ2n) is 8.86. The molecule has 1 saturated carbocycles. The normalized spacial score (nSPS) is 34.2. The first-order chi connectivity index (χ1) is 15.0. The van der Waals surface area contributed by atoms with E-state index in [1.807, 2.05) is 0 Å². The van der Waals surface area contributed by atoms with Gasteiger partial charge in [-0.15, -0.1) is 0 Å². The average Bonchev–Trinajstić information content (AvgIpc) is 2.89. The summed E-state index contributed by atoms with van der Waals surface area (Å²) in [6, 6.07) is 0. The van der Waals surface area contributed by atoms with Crippen molar-refractivity contribution in [3.8, 4) is 0 Å². The molecule has 0 radical (unpaired) electrons. The summed E-state index contributed by atoms with van der Waals surface area (Å²) in [5.41, 5.74) is -2.36. The number of rotatable bonds is 5. The van der Waals surface area contributed by atoms with Crippen LogP contribution in [0.3, 0.4) is 0 Å². The van der Waals surface area contributed by atoms with Crippen molar-refractivity contribution in [1.29, 1.82) is 0 Å². The molecule has 2 aliphatic carbocycles. The molecule has 4 atom stereocenters. The van der Waals surface area contributed by atoms with E-state index in [0.29, 0.717) is 36.8 Å². The van der Waals surface area contributed by atoms with Crippen molar-refractivity contribution in [3.63, 3.8) is 0 Å². The maximum Gasteiger partial charge on any atom is 0.333 e. The molecule has 0 aromatic carbocycles. The lowest BCUT2D eigenvalue weighted by molar-refractivity contribution is -0.235. The standard InChI is InChI=1S/C24H30O8/c1-15(19(26)29-4)7-6-11-22(3)18-10-13-23(21(28)32-22)12-8-17(20(27)30-5)9-14-24(18,23)31-16(2)25/h6-8,11,18H,9-10,12-14H2,1-5H3/b11-6+,15-7+. The van der Waals surface area contributed by atoms with E-state index in [0.717, 1.165) is 0 Å². The third-order valence-corrected chi connectivity index (χ3v) is 7.14. The van der Waals surface area contributed by atoms with E-state index in [-0.39, 0.29) is 12.3 Å². The number of methoxy groups -OCH3 is 2. The third kappa shape index (κ3) is 3.65. The molecular formula is C24H30O8. The van der Waals surface area contributed by atoms with Gasteiger partial charge < -0.3 is 18.9 Å². The van der Waals surface area contributed by atoms with Crippen LogP contribution < -0.4 is 0 Å². The smallest absolute Gasteiger partial charge is 0.333 e. The van der Waals surface area contributed by atoms with Gasteiger partial charge in [0.2, 0.25) is 0 Å². The van der Waals surface area contributed by atoms with Crippen LogP contribution in [0.25, 0.3) is 0 Å². The molecule has 1 aliphatic heterocycles. The van der Waals surface area contributed by atoms with Gasteiger partial charge in [-0.3, -0.25) is 9.59 Å². The number of allylic oxidation sites excluding steroid dienone is 3. The number of ether oxygens (including phenoxy) is 4. The lowest BCUT2D eigenvalue weighted by atomic mass is 9.62. The predicted molar refractivity (Wildman–Crippen MR) is 113 cm³/mol. The zero-order valence-electron chi connectivity index (χ0n) is 19.2. The lowest BCUT2D eigenvalue weighted by Gasteiger charge is -2.54. The van der Waals surface area contributed by atoms with Crippen LogP contribution in [0.1, 0.15) is 52.9 Å². The van der Waals surface area contributed by atoms with Crippen molar-refractivity contribution in [1.82, 2.24) is 0 Å². The summed E-state index contributed by atoms with van der Waals surface area (Å²) < 4.78 is 21.5. The zero-order chi connectivity index (χ0) is 23.7. The molecule has 0 N–H and O–H groups in total. The van der Waals surface area contributed by atoms with Gasteiger partial charge in [-0.25, -0.2) is 9.59 Å². The van der Waals surface area contributed by atoms with E-state index in [4.69, 9.17) is 18.9 Å². The Morgan fingerprint density at radius 3 is 2.50 bits per heavy atom. The molecular weight excluding hydrogens is 416 g/mol. The highest BCUT2D eigenvalue weighted by Gasteiger charge is 2.74. The molecule has 32 heavy (non-hydrogen) atoms. The molecule has 1 saturated heterocycles. The van der Waals surface area contributed by atoms with Crippen molar-refractivity contribution in [3.05, 3.63) is 35.5 Å². The molecule has 3 rings (SSSR count). The molecule has 0 amide bonds. The van der Waals surface area contributed by atoms with Crippen LogP contribution in [0.15, 0.2) is 35.5 Å². The van der Waals surface area contributed by atoms with Gasteiger partial charge in [-0.2, -0.15) is 0 Å². The predicted octanol–water partition coefficient (Wildman–Crippen LogP) is 2.96. The van der Waals surface area contributed by atoms with Crippen LogP contribution in [0, 0.1) is 11.3 Å². The molecule has 8 nitrogen and oxygen atoms in total. The summed E-state index contributed by atoms with van der Waals surface area (Å²) in [6.07, 6.45) is 8.66. The topological polar surface area (TPSA) is 105 Å². The Kier molecular flexibility index (Phi) is 6.36. The molecule has 0 spiro atoms. The maximum absolute atomic E-state index is 13.5. The summed E-state index contributed by atoms with van der Waals surface area (Å²) in [4.78, 5) is 49.5. The Labute approximate surface area is 187 Å². The average molecular weight is 446 g/mol. The first-order valence-corrected chi connectivity index (χ1v) is 10.7. The quantitative estimate of drug-likeness (QED) is 0.275. The van der Waals surface area contributed by atoms with E-state index in [9.17, 15) is 19.2 Å². The minimum Gasteiger partial charge on any atom is -0.466 e. The molecule has 174 valence electrons. The fraction of sp³-hybridized carbons (Fsp3) is 0.583. The Morgan fingerprint density at radius 2 is 1.88 bits per heavy atom. The Hall–Kier alpha value is -2.90. The first kappa shape index (κ1) is 23.8. The van der Waals surface area contributed by atoms with Crippen molar-refractivity contribution >= 4 is 23.9 Å². The monoisotopic (exact) mass is 446 g/mol. The molecule has 2 fully saturated rings. The van der Waals surface area contributed by atoms with E-state index >= 15 is 0 Å². The van der Waals surface area contributed by atoms with Crippen molar-refractivity contribution in [2.24, 2.45) is 11.3 Å². The number of hydrogen-bond acceptors (Lipinski definition) is 8. The Bertz CT molecular complexity index is 928. The van der Waals surface area contributed by atoms with Crippen LogP contribution in [-0.2, 0) is 38.1 Å². The Morgan fingerprint density at radius 1 is 1.16 bits per heavy atom. The van der Waals surface area contributed by atoms with Crippen LogP contribution >= 0.6 is 0 Å². The Balaban J connectivity index is 2.04. The van der Waals surface area contributed by atoms with Crippen molar-refractivity contribution < 1.29 is 38.1 Å². The van der Waals surface area contributed by atoms with Crippen LogP contribution in [0.2, 0.25) is 0 Å². The summed E-state index contributed by atoms with van der Waals surface area (Å²) >= 11 is 0. The van der Waals surface area contributed by atoms with Gasteiger partial charge in [0.1, 0.15) is 16.6 Å². The van der Waals surface area contributed by atoms with E-state index in [2.05, 4.69) is 0 Å². The van der Waals surface area contributed by atoms with Gasteiger partial charge >= 0.3 is 23.9 Å². The molecule has 1 heterocycles. The van der Waals surface area contributed by atoms with Crippen LogP contribution in [0.5, 0.6) is 0 Å². The van der Waals surface area contributed by atoms with Gasteiger partial charge in [0.05, 0.1) is 14.2 Å². The summed E-state index contributed by atoms with van der Waals surface area (Å²) in [7, 11) is 2.62. The summed E-state index contributed by atoms with van der Waals surface area (Å²) in [5, 5.41) is 0.